The van der Waals surface area contributed by atoms with Crippen LogP contribution in [0.2, 0.25) is 0 Å². The van der Waals surface area contributed by atoms with E-state index in [1.807, 2.05) is 20.8 Å². The Morgan fingerprint density at radius 1 is 1.24 bits per heavy atom. The number of ether oxygens (including phenoxy) is 1. The molecular formula is C16H18F3N3O3. The van der Waals surface area contributed by atoms with Gasteiger partial charge in [0.2, 0.25) is 11.8 Å². The Balaban J connectivity index is 1.95. The van der Waals surface area contributed by atoms with Gasteiger partial charge in [-0.25, -0.2) is 0 Å². The molecule has 6 nitrogen and oxygen atoms in total. The fourth-order valence-electron chi connectivity index (χ4n) is 1.87. The number of nitrogens with one attached hydrogen (secondary N) is 2. The zero-order valence-electron chi connectivity index (χ0n) is 13.9. The maximum Gasteiger partial charge on any atom is 0.573 e. The number of benzene rings is 1. The number of amides is 1. The van der Waals surface area contributed by atoms with Gasteiger partial charge in [0.15, 0.2) is 5.75 Å². The highest BCUT2D eigenvalue weighted by Gasteiger charge is 2.32. The van der Waals surface area contributed by atoms with E-state index in [0.29, 0.717) is 5.69 Å². The van der Waals surface area contributed by atoms with Crippen molar-refractivity contribution in [3.8, 4) is 5.75 Å². The topological polar surface area (TPSA) is 76.4 Å². The zero-order valence-corrected chi connectivity index (χ0v) is 13.9. The molecule has 0 aliphatic carbocycles. The normalized spacial score (nSPS) is 11.9. The lowest BCUT2D eigenvalue weighted by Gasteiger charge is -2.14. The zero-order chi connectivity index (χ0) is 18.7. The Kier molecular flexibility index (Phi) is 5.24. The van der Waals surface area contributed by atoms with Crippen molar-refractivity contribution in [1.82, 2.24) is 5.16 Å². The number of para-hydroxylation sites is 2. The Bertz CT molecular complexity index is 736. The highest BCUT2D eigenvalue weighted by molar-refractivity contribution is 5.92. The van der Waals surface area contributed by atoms with Gasteiger partial charge in [-0.2, -0.15) is 0 Å². The molecule has 25 heavy (non-hydrogen) atoms. The molecule has 1 heterocycles. The molecule has 2 rings (SSSR count). The van der Waals surface area contributed by atoms with Gasteiger partial charge < -0.3 is 14.6 Å². The van der Waals surface area contributed by atoms with E-state index in [1.165, 1.54) is 18.2 Å². The first kappa shape index (κ1) is 18.6. The molecule has 0 aliphatic heterocycles. The number of aromatic nitrogens is 1. The first-order valence-corrected chi connectivity index (χ1v) is 7.40. The molecule has 0 radical (unpaired) electrons. The van der Waals surface area contributed by atoms with Gasteiger partial charge in [-0.3, -0.25) is 10.1 Å². The molecule has 0 aliphatic rings. The third kappa shape index (κ3) is 5.70. The predicted molar refractivity (Wildman–Crippen MR) is 85.4 cm³/mol. The summed E-state index contributed by atoms with van der Waals surface area (Å²) in [7, 11) is 0. The first-order valence-electron chi connectivity index (χ1n) is 7.40. The molecule has 0 bridgehead atoms. The van der Waals surface area contributed by atoms with E-state index in [2.05, 4.69) is 20.5 Å². The molecule has 0 spiro atoms. The molecule has 0 saturated heterocycles. The quantitative estimate of drug-likeness (QED) is 0.848. The van der Waals surface area contributed by atoms with Crippen LogP contribution in [0.1, 0.15) is 26.5 Å². The Morgan fingerprint density at radius 3 is 2.52 bits per heavy atom. The van der Waals surface area contributed by atoms with Crippen molar-refractivity contribution >= 4 is 17.5 Å². The summed E-state index contributed by atoms with van der Waals surface area (Å²) >= 11 is 0. The maximum absolute atomic E-state index is 12.4. The number of hydrogen-bond acceptors (Lipinski definition) is 5. The molecule has 1 amide bonds. The summed E-state index contributed by atoms with van der Waals surface area (Å²) in [6.07, 6.45) is -4.82. The van der Waals surface area contributed by atoms with Gasteiger partial charge in [0, 0.05) is 11.5 Å². The molecular weight excluding hydrogens is 339 g/mol. The Morgan fingerprint density at radius 2 is 1.92 bits per heavy atom. The second-order valence-corrected chi connectivity index (χ2v) is 6.27. The number of rotatable bonds is 5. The van der Waals surface area contributed by atoms with E-state index in [4.69, 9.17) is 4.52 Å². The number of anilines is 2. The van der Waals surface area contributed by atoms with Crippen LogP contribution in [-0.4, -0.2) is 24.0 Å². The van der Waals surface area contributed by atoms with E-state index >= 15 is 0 Å². The van der Waals surface area contributed by atoms with Crippen LogP contribution in [0.25, 0.3) is 0 Å². The number of carbonyl (C=O) groups is 1. The van der Waals surface area contributed by atoms with Gasteiger partial charge in [0.25, 0.3) is 0 Å². The predicted octanol–water partition coefficient (Wildman–Crippen LogP) is 3.92. The van der Waals surface area contributed by atoms with Gasteiger partial charge in [0.05, 0.1) is 17.9 Å². The minimum Gasteiger partial charge on any atom is -0.404 e. The van der Waals surface area contributed by atoms with Crippen LogP contribution in [0.15, 0.2) is 34.9 Å². The maximum atomic E-state index is 12.4. The summed E-state index contributed by atoms with van der Waals surface area (Å²) < 4.78 is 46.0. The van der Waals surface area contributed by atoms with Crippen molar-refractivity contribution in [2.24, 2.45) is 0 Å². The summed E-state index contributed by atoms with van der Waals surface area (Å²) in [6, 6.07) is 7.04. The fourth-order valence-corrected chi connectivity index (χ4v) is 1.87. The van der Waals surface area contributed by atoms with Crippen LogP contribution in [0.5, 0.6) is 5.75 Å². The first-order chi connectivity index (χ1) is 11.5. The van der Waals surface area contributed by atoms with Gasteiger partial charge in [-0.05, 0) is 12.1 Å². The summed E-state index contributed by atoms with van der Waals surface area (Å²) in [6.45, 7) is 5.55. The SMILES string of the molecule is CC(C)(C)c1cc(NC(=O)CNc2ccccc2OC(F)(F)F)on1. The molecule has 2 N–H and O–H groups in total. The number of carbonyl (C=O) groups excluding carboxylic acids is 1. The van der Waals surface area contributed by atoms with Crippen LogP contribution in [0.4, 0.5) is 24.7 Å². The lowest BCUT2D eigenvalue weighted by Crippen LogP contribution is -2.23. The minimum absolute atomic E-state index is 0.0444. The Labute approximate surface area is 142 Å². The van der Waals surface area contributed by atoms with Crippen molar-refractivity contribution in [3.05, 3.63) is 36.0 Å². The third-order valence-electron chi connectivity index (χ3n) is 3.09. The van der Waals surface area contributed by atoms with Gasteiger partial charge in [-0.1, -0.05) is 38.1 Å². The van der Waals surface area contributed by atoms with Gasteiger partial charge in [-0.15, -0.1) is 13.2 Å². The average molecular weight is 357 g/mol. The van der Waals surface area contributed by atoms with Crippen molar-refractivity contribution in [1.29, 1.82) is 0 Å². The van der Waals surface area contributed by atoms with Crippen LogP contribution in [0.3, 0.4) is 0 Å². The van der Waals surface area contributed by atoms with Gasteiger partial charge in [0.1, 0.15) is 0 Å². The van der Waals surface area contributed by atoms with Crippen molar-refractivity contribution in [2.45, 2.75) is 32.5 Å². The van der Waals surface area contributed by atoms with Crippen LogP contribution >= 0.6 is 0 Å². The van der Waals surface area contributed by atoms with Gasteiger partial charge >= 0.3 is 6.36 Å². The summed E-state index contributed by atoms with van der Waals surface area (Å²) in [5, 5.41) is 8.93. The highest BCUT2D eigenvalue weighted by atomic mass is 19.4. The van der Waals surface area contributed by atoms with E-state index < -0.39 is 18.0 Å². The lowest BCUT2D eigenvalue weighted by atomic mass is 9.92. The van der Waals surface area contributed by atoms with E-state index in [1.54, 1.807) is 6.07 Å². The standard InChI is InChI=1S/C16H18F3N3O3/c1-15(2,3)12-8-14(25-22-12)21-13(23)9-20-10-6-4-5-7-11(10)24-16(17,18)19/h4-8,20H,9H2,1-3H3,(H,21,23). The molecule has 1 aromatic heterocycles. The molecule has 2 aromatic rings. The van der Waals surface area contributed by atoms with Crippen molar-refractivity contribution in [3.63, 3.8) is 0 Å². The number of nitrogens with zero attached hydrogens (tertiary/aromatic N) is 1. The largest absolute Gasteiger partial charge is 0.573 e. The summed E-state index contributed by atoms with van der Waals surface area (Å²) in [5.41, 5.74) is 0.473. The van der Waals surface area contributed by atoms with Crippen molar-refractivity contribution < 1.29 is 27.2 Å². The smallest absolute Gasteiger partial charge is 0.404 e. The van der Waals surface area contributed by atoms with E-state index in [-0.39, 0.29) is 23.5 Å². The van der Waals surface area contributed by atoms with Crippen molar-refractivity contribution in [2.75, 3.05) is 17.2 Å². The minimum atomic E-state index is -4.82. The number of hydrogen-bond donors (Lipinski definition) is 2. The fraction of sp³-hybridized carbons (Fsp3) is 0.375. The lowest BCUT2D eigenvalue weighted by molar-refractivity contribution is -0.274. The molecule has 136 valence electrons. The molecule has 0 atom stereocenters. The molecule has 0 fully saturated rings. The Hall–Kier alpha value is -2.71. The summed E-state index contributed by atoms with van der Waals surface area (Å²) in [5.74, 6) is -0.757. The molecule has 0 unspecified atom stereocenters. The van der Waals surface area contributed by atoms with Crippen LogP contribution < -0.4 is 15.4 Å². The monoisotopic (exact) mass is 357 g/mol. The average Bonchev–Trinajstić information content (AvgIpc) is 2.93. The molecule has 0 saturated carbocycles. The van der Waals surface area contributed by atoms with E-state index in [0.717, 1.165) is 6.07 Å². The number of halogens is 3. The third-order valence-corrected chi connectivity index (χ3v) is 3.09. The highest BCUT2D eigenvalue weighted by Crippen LogP contribution is 2.29. The molecule has 1 aromatic carbocycles. The number of alkyl halides is 3. The van der Waals surface area contributed by atoms with E-state index in [9.17, 15) is 18.0 Å². The van der Waals surface area contributed by atoms with Crippen LogP contribution in [0, 0.1) is 0 Å². The second kappa shape index (κ2) is 7.04. The summed E-state index contributed by atoms with van der Waals surface area (Å²) in [4.78, 5) is 11.9. The molecule has 9 heteroatoms. The second-order valence-electron chi connectivity index (χ2n) is 6.27. The van der Waals surface area contributed by atoms with Crippen LogP contribution in [-0.2, 0) is 10.2 Å².